The van der Waals surface area contributed by atoms with Crippen LogP contribution in [0.2, 0.25) is 0 Å². The second kappa shape index (κ2) is 2.22. The molecule has 8 heavy (non-hydrogen) atoms. The highest BCUT2D eigenvalue weighted by Gasteiger charge is 2.20. The van der Waals surface area contributed by atoms with Crippen LogP contribution in [0.25, 0.3) is 0 Å². The third kappa shape index (κ3) is 0.865. The molecule has 0 bridgehead atoms. The van der Waals surface area contributed by atoms with E-state index in [4.69, 9.17) is 6.42 Å². The largest absolute Gasteiger partial charge is 0.120 e. The van der Waals surface area contributed by atoms with E-state index in [1.165, 1.54) is 19.3 Å². The molecule has 1 fully saturated rings. The molecule has 0 nitrogen and oxygen atoms in total. The predicted octanol–water partition coefficient (Wildman–Crippen LogP) is 2.06. The minimum Gasteiger partial charge on any atom is -0.120 e. The third-order valence-corrected chi connectivity index (χ3v) is 2.08. The molecule has 0 amide bonds. The van der Waals surface area contributed by atoms with Crippen LogP contribution in [0.1, 0.15) is 26.2 Å². The fourth-order valence-electron chi connectivity index (χ4n) is 1.39. The summed E-state index contributed by atoms with van der Waals surface area (Å²) in [6, 6.07) is 0. The third-order valence-electron chi connectivity index (χ3n) is 2.08. The number of hydrogen-bond acceptors (Lipinski definition) is 0. The van der Waals surface area contributed by atoms with Crippen molar-refractivity contribution in [2.75, 3.05) is 0 Å². The summed E-state index contributed by atoms with van der Waals surface area (Å²) >= 11 is 0. The van der Waals surface area contributed by atoms with Crippen LogP contribution in [0, 0.1) is 24.2 Å². The van der Waals surface area contributed by atoms with Gasteiger partial charge in [0.1, 0.15) is 0 Å². The standard InChI is InChI=1S/C8H12/c1-3-8-6-4-5-7(8)2/h1,7-8H,4-6H2,2H3/t7-,8+/m0/s1. The van der Waals surface area contributed by atoms with E-state index in [0.717, 1.165) is 5.92 Å². The molecule has 44 valence electrons. The van der Waals surface area contributed by atoms with E-state index < -0.39 is 0 Å². The van der Waals surface area contributed by atoms with E-state index >= 15 is 0 Å². The smallest absolute Gasteiger partial charge is 0.0225 e. The minimum absolute atomic E-state index is 0.593. The van der Waals surface area contributed by atoms with E-state index in [1.807, 2.05) is 0 Å². The molecule has 0 spiro atoms. The van der Waals surface area contributed by atoms with Gasteiger partial charge < -0.3 is 0 Å². The van der Waals surface area contributed by atoms with Crippen molar-refractivity contribution in [3.8, 4) is 12.3 Å². The Morgan fingerprint density at radius 2 is 2.25 bits per heavy atom. The van der Waals surface area contributed by atoms with Gasteiger partial charge in [0.2, 0.25) is 0 Å². The lowest BCUT2D eigenvalue weighted by atomic mass is 10.00. The lowest BCUT2D eigenvalue weighted by molar-refractivity contribution is 0.519. The van der Waals surface area contributed by atoms with Crippen LogP contribution in [-0.2, 0) is 0 Å². The molecule has 0 aliphatic heterocycles. The summed E-state index contributed by atoms with van der Waals surface area (Å²) in [6.07, 6.45) is 9.22. The molecular formula is C8H12. The Labute approximate surface area is 51.3 Å². The Bertz CT molecular complexity index is 108. The number of hydrogen-bond donors (Lipinski definition) is 0. The van der Waals surface area contributed by atoms with Crippen molar-refractivity contribution in [2.24, 2.45) is 11.8 Å². The second-order valence-electron chi connectivity index (χ2n) is 2.68. The lowest BCUT2D eigenvalue weighted by Gasteiger charge is -2.04. The molecule has 0 saturated heterocycles. The van der Waals surface area contributed by atoms with Crippen molar-refractivity contribution in [1.29, 1.82) is 0 Å². The molecule has 1 rings (SSSR count). The highest BCUT2D eigenvalue weighted by Crippen LogP contribution is 2.29. The maximum Gasteiger partial charge on any atom is 0.0225 e. The van der Waals surface area contributed by atoms with Gasteiger partial charge in [0.05, 0.1) is 0 Å². The number of rotatable bonds is 0. The average Bonchev–Trinajstić information content (AvgIpc) is 2.14. The monoisotopic (exact) mass is 108 g/mol. The van der Waals surface area contributed by atoms with Gasteiger partial charge in [0, 0.05) is 5.92 Å². The van der Waals surface area contributed by atoms with Gasteiger partial charge >= 0.3 is 0 Å². The van der Waals surface area contributed by atoms with E-state index in [-0.39, 0.29) is 0 Å². The van der Waals surface area contributed by atoms with Crippen molar-refractivity contribution in [1.82, 2.24) is 0 Å². The molecule has 0 unspecified atom stereocenters. The van der Waals surface area contributed by atoms with E-state index in [1.54, 1.807) is 0 Å². The molecule has 0 N–H and O–H groups in total. The number of terminal acetylenes is 1. The first-order valence-electron chi connectivity index (χ1n) is 3.30. The lowest BCUT2D eigenvalue weighted by Crippen LogP contribution is -1.98. The summed E-state index contributed by atoms with van der Waals surface area (Å²) in [5.74, 6) is 4.20. The molecule has 1 aliphatic rings. The summed E-state index contributed by atoms with van der Waals surface area (Å²) < 4.78 is 0. The SMILES string of the molecule is C#C[C@@H]1CCC[C@@H]1C. The Balaban J connectivity index is 2.45. The molecule has 0 heterocycles. The van der Waals surface area contributed by atoms with Gasteiger partial charge in [-0.15, -0.1) is 12.3 Å². The Hall–Kier alpha value is -0.440. The van der Waals surface area contributed by atoms with Crippen LogP contribution in [0.15, 0.2) is 0 Å². The first-order chi connectivity index (χ1) is 3.84. The molecule has 0 heteroatoms. The highest BCUT2D eigenvalue weighted by molar-refractivity contribution is 4.97. The maximum absolute atomic E-state index is 5.27. The van der Waals surface area contributed by atoms with Gasteiger partial charge in [0.15, 0.2) is 0 Å². The Morgan fingerprint density at radius 1 is 1.50 bits per heavy atom. The average molecular weight is 108 g/mol. The van der Waals surface area contributed by atoms with Gasteiger partial charge in [-0.3, -0.25) is 0 Å². The van der Waals surface area contributed by atoms with E-state index in [0.29, 0.717) is 5.92 Å². The summed E-state index contributed by atoms with van der Waals surface area (Å²) in [7, 11) is 0. The van der Waals surface area contributed by atoms with Crippen LogP contribution in [-0.4, -0.2) is 0 Å². The first kappa shape index (κ1) is 5.69. The molecular weight excluding hydrogens is 96.1 g/mol. The van der Waals surface area contributed by atoms with Crippen molar-refractivity contribution >= 4 is 0 Å². The van der Waals surface area contributed by atoms with Gasteiger partial charge in [-0.2, -0.15) is 0 Å². The zero-order valence-corrected chi connectivity index (χ0v) is 5.35. The molecule has 0 radical (unpaired) electrons. The topological polar surface area (TPSA) is 0 Å². The van der Waals surface area contributed by atoms with E-state index in [2.05, 4.69) is 12.8 Å². The Kier molecular flexibility index (Phi) is 1.58. The molecule has 1 saturated carbocycles. The van der Waals surface area contributed by atoms with Crippen LogP contribution in [0.5, 0.6) is 0 Å². The second-order valence-corrected chi connectivity index (χ2v) is 2.68. The summed E-state index contributed by atoms with van der Waals surface area (Å²) in [5, 5.41) is 0. The molecule has 0 aromatic rings. The quantitative estimate of drug-likeness (QED) is 0.417. The van der Waals surface area contributed by atoms with Crippen molar-refractivity contribution in [3.05, 3.63) is 0 Å². The zero-order valence-electron chi connectivity index (χ0n) is 5.35. The normalized spacial score (nSPS) is 37.0. The van der Waals surface area contributed by atoms with Gasteiger partial charge in [-0.05, 0) is 18.8 Å². The van der Waals surface area contributed by atoms with E-state index in [9.17, 15) is 0 Å². The van der Waals surface area contributed by atoms with Crippen LogP contribution >= 0.6 is 0 Å². The van der Waals surface area contributed by atoms with Crippen molar-refractivity contribution in [2.45, 2.75) is 26.2 Å². The predicted molar refractivity (Wildman–Crippen MR) is 35.3 cm³/mol. The zero-order chi connectivity index (χ0) is 5.98. The summed E-state index contributed by atoms with van der Waals surface area (Å²) in [4.78, 5) is 0. The molecule has 1 aliphatic carbocycles. The fraction of sp³-hybridized carbons (Fsp3) is 0.750. The first-order valence-corrected chi connectivity index (χ1v) is 3.30. The molecule has 0 aromatic heterocycles. The van der Waals surface area contributed by atoms with Gasteiger partial charge in [-0.1, -0.05) is 13.3 Å². The van der Waals surface area contributed by atoms with Crippen molar-refractivity contribution < 1.29 is 0 Å². The molecule has 0 aromatic carbocycles. The van der Waals surface area contributed by atoms with Gasteiger partial charge in [0.25, 0.3) is 0 Å². The minimum atomic E-state index is 0.593. The van der Waals surface area contributed by atoms with Gasteiger partial charge in [-0.25, -0.2) is 0 Å². The highest BCUT2D eigenvalue weighted by atomic mass is 14.2. The maximum atomic E-state index is 5.27. The summed E-state index contributed by atoms with van der Waals surface area (Å²) in [6.45, 7) is 2.25. The van der Waals surface area contributed by atoms with Crippen molar-refractivity contribution in [3.63, 3.8) is 0 Å². The fourth-order valence-corrected chi connectivity index (χ4v) is 1.39. The molecule has 2 atom stereocenters. The van der Waals surface area contributed by atoms with Crippen LogP contribution < -0.4 is 0 Å². The Morgan fingerprint density at radius 3 is 2.50 bits per heavy atom. The van der Waals surface area contributed by atoms with Crippen LogP contribution in [0.4, 0.5) is 0 Å². The van der Waals surface area contributed by atoms with Crippen LogP contribution in [0.3, 0.4) is 0 Å². The summed E-state index contributed by atoms with van der Waals surface area (Å²) in [5.41, 5.74) is 0.